The molecule has 1 atom stereocenters. The quantitative estimate of drug-likeness (QED) is 0.320. The zero-order chi connectivity index (χ0) is 29.4. The van der Waals surface area contributed by atoms with Gasteiger partial charge in [0.2, 0.25) is 21.8 Å². The third-order valence-corrected chi connectivity index (χ3v) is 7.95. The van der Waals surface area contributed by atoms with E-state index in [1.165, 1.54) is 4.90 Å². The summed E-state index contributed by atoms with van der Waals surface area (Å²) in [6.45, 7) is 7.73. The smallest absolute Gasteiger partial charge is 0.244 e. The molecule has 0 saturated carbocycles. The summed E-state index contributed by atoms with van der Waals surface area (Å²) in [5.41, 5.74) is 3.59. The number of amides is 2. The second-order valence-corrected chi connectivity index (χ2v) is 12.8. The zero-order valence-corrected chi connectivity index (χ0v) is 25.3. The molecule has 3 aromatic carbocycles. The van der Waals surface area contributed by atoms with Crippen molar-refractivity contribution in [2.75, 3.05) is 23.7 Å². The fourth-order valence-electron chi connectivity index (χ4n) is 4.54. The highest BCUT2D eigenvalue weighted by Crippen LogP contribution is 2.27. The van der Waals surface area contributed by atoms with Crippen molar-refractivity contribution in [3.05, 3.63) is 100 Å². The van der Waals surface area contributed by atoms with Gasteiger partial charge in [-0.2, -0.15) is 0 Å². The van der Waals surface area contributed by atoms with Crippen LogP contribution in [0.15, 0.2) is 72.8 Å². The van der Waals surface area contributed by atoms with Crippen LogP contribution in [0, 0.1) is 19.8 Å². The van der Waals surface area contributed by atoms with Crippen molar-refractivity contribution >= 4 is 39.1 Å². The molecule has 0 aliphatic carbocycles. The average Bonchev–Trinajstić information content (AvgIpc) is 2.89. The Hall–Kier alpha value is -3.36. The summed E-state index contributed by atoms with van der Waals surface area (Å²) in [7, 11) is -3.83. The molecule has 40 heavy (non-hydrogen) atoms. The van der Waals surface area contributed by atoms with Crippen molar-refractivity contribution in [1.29, 1.82) is 0 Å². The van der Waals surface area contributed by atoms with Crippen LogP contribution in [0.2, 0.25) is 5.02 Å². The number of para-hydroxylation sites is 1. The number of nitrogens with one attached hydrogen (secondary N) is 1. The van der Waals surface area contributed by atoms with Crippen molar-refractivity contribution in [3.63, 3.8) is 0 Å². The van der Waals surface area contributed by atoms with Crippen LogP contribution in [0.4, 0.5) is 5.69 Å². The lowest BCUT2D eigenvalue weighted by atomic mass is 10.0. The number of sulfonamides is 1. The molecule has 0 fully saturated rings. The number of rotatable bonds is 12. The maximum Gasteiger partial charge on any atom is 0.244 e. The van der Waals surface area contributed by atoms with Crippen molar-refractivity contribution in [3.8, 4) is 0 Å². The number of hydrogen-bond donors (Lipinski definition) is 1. The van der Waals surface area contributed by atoms with Crippen LogP contribution in [0.1, 0.15) is 36.1 Å². The summed E-state index contributed by atoms with van der Waals surface area (Å²) in [6, 6.07) is 21.1. The molecular weight excluding hydrogens is 546 g/mol. The van der Waals surface area contributed by atoms with Gasteiger partial charge in [-0.25, -0.2) is 8.42 Å². The van der Waals surface area contributed by atoms with Crippen LogP contribution in [0.25, 0.3) is 0 Å². The Morgan fingerprint density at radius 3 is 2.02 bits per heavy atom. The van der Waals surface area contributed by atoms with E-state index in [9.17, 15) is 18.0 Å². The van der Waals surface area contributed by atoms with Crippen LogP contribution in [0.3, 0.4) is 0 Å². The molecule has 3 aromatic rings. The number of carbonyl (C=O) groups is 2. The van der Waals surface area contributed by atoms with Crippen LogP contribution in [-0.2, 0) is 32.6 Å². The molecule has 0 aliphatic rings. The molecule has 0 spiro atoms. The maximum absolute atomic E-state index is 14.2. The van der Waals surface area contributed by atoms with E-state index in [2.05, 4.69) is 5.32 Å². The monoisotopic (exact) mass is 583 g/mol. The van der Waals surface area contributed by atoms with E-state index in [4.69, 9.17) is 11.6 Å². The van der Waals surface area contributed by atoms with E-state index in [1.54, 1.807) is 24.3 Å². The Labute approximate surface area is 243 Å². The Morgan fingerprint density at radius 1 is 0.875 bits per heavy atom. The Morgan fingerprint density at radius 2 is 1.48 bits per heavy atom. The zero-order valence-electron chi connectivity index (χ0n) is 23.7. The summed E-state index contributed by atoms with van der Waals surface area (Å²) >= 11 is 6.10. The molecule has 0 aliphatic heterocycles. The molecular formula is C31H38ClN3O4S. The van der Waals surface area contributed by atoms with Crippen molar-refractivity contribution in [2.24, 2.45) is 5.92 Å². The Kier molecular flexibility index (Phi) is 10.8. The number of anilines is 1. The van der Waals surface area contributed by atoms with Crippen LogP contribution in [0.5, 0.6) is 0 Å². The summed E-state index contributed by atoms with van der Waals surface area (Å²) in [5.74, 6) is -0.562. The largest absolute Gasteiger partial charge is 0.354 e. The third-order valence-electron chi connectivity index (χ3n) is 6.59. The van der Waals surface area contributed by atoms with Gasteiger partial charge in [0.25, 0.3) is 0 Å². The summed E-state index contributed by atoms with van der Waals surface area (Å²) < 4.78 is 27.2. The highest BCUT2D eigenvalue weighted by atomic mass is 35.5. The molecule has 2 amide bonds. The van der Waals surface area contributed by atoms with Crippen LogP contribution in [-0.4, -0.2) is 50.5 Å². The highest BCUT2D eigenvalue weighted by Gasteiger charge is 2.33. The number of benzene rings is 3. The first-order chi connectivity index (χ1) is 18.9. The predicted molar refractivity (Wildman–Crippen MR) is 162 cm³/mol. The van der Waals surface area contributed by atoms with Gasteiger partial charge in [0.05, 0.1) is 11.9 Å². The van der Waals surface area contributed by atoms with Gasteiger partial charge in [0.1, 0.15) is 12.6 Å². The predicted octanol–water partition coefficient (Wildman–Crippen LogP) is 5.14. The van der Waals surface area contributed by atoms with Crippen molar-refractivity contribution < 1.29 is 18.0 Å². The molecule has 9 heteroatoms. The second kappa shape index (κ2) is 13.8. The summed E-state index contributed by atoms with van der Waals surface area (Å²) in [4.78, 5) is 29.3. The number of carbonyl (C=O) groups excluding carboxylic acids is 2. The molecule has 0 radical (unpaired) electrons. The highest BCUT2D eigenvalue weighted by molar-refractivity contribution is 7.92. The Balaban J connectivity index is 2.07. The van der Waals surface area contributed by atoms with Gasteiger partial charge in [-0.1, -0.05) is 86.1 Å². The standard InChI is InChI=1S/C31H38ClN3O4S/c1-22(2)19-33-31(37)28(18-25-12-7-6-8-13-25)34(20-26-14-16-27(32)17-15-26)29(36)21-35(40(5,38)39)30-23(3)10-9-11-24(30)4/h6-17,22,28H,18-21H2,1-5H3,(H,33,37)/t28-/m1/s1. The summed E-state index contributed by atoms with van der Waals surface area (Å²) in [6.07, 6.45) is 1.36. The first-order valence-corrected chi connectivity index (χ1v) is 15.5. The van der Waals surface area contributed by atoms with E-state index >= 15 is 0 Å². The van der Waals surface area contributed by atoms with Crippen LogP contribution >= 0.6 is 11.6 Å². The number of nitrogens with zero attached hydrogens (tertiary/aromatic N) is 2. The fourth-order valence-corrected chi connectivity index (χ4v) is 5.63. The van der Waals surface area contributed by atoms with Gasteiger partial charge in [-0.15, -0.1) is 0 Å². The SMILES string of the molecule is Cc1cccc(C)c1N(CC(=O)N(Cc1ccc(Cl)cc1)[C@H](Cc1ccccc1)C(=O)NCC(C)C)S(C)(=O)=O. The lowest BCUT2D eigenvalue weighted by Crippen LogP contribution is -2.53. The Bertz CT molecular complexity index is 1390. The molecule has 0 saturated heterocycles. The number of halogens is 1. The molecule has 0 bridgehead atoms. The van der Waals surface area contributed by atoms with Gasteiger partial charge in [0.15, 0.2) is 0 Å². The first kappa shape index (κ1) is 31.2. The van der Waals surface area contributed by atoms with Gasteiger partial charge in [0, 0.05) is 24.5 Å². The van der Waals surface area contributed by atoms with Crippen molar-refractivity contribution in [1.82, 2.24) is 10.2 Å². The minimum atomic E-state index is -3.83. The molecule has 214 valence electrons. The van der Waals surface area contributed by atoms with Gasteiger partial charge in [-0.05, 0) is 54.2 Å². The normalized spacial score (nSPS) is 12.2. The number of hydrogen-bond acceptors (Lipinski definition) is 4. The lowest BCUT2D eigenvalue weighted by Gasteiger charge is -2.34. The van der Waals surface area contributed by atoms with E-state index < -0.39 is 28.5 Å². The van der Waals surface area contributed by atoms with Crippen molar-refractivity contribution in [2.45, 2.75) is 46.7 Å². The van der Waals surface area contributed by atoms with E-state index in [0.29, 0.717) is 17.3 Å². The van der Waals surface area contributed by atoms with Crippen LogP contribution < -0.4 is 9.62 Å². The van der Waals surface area contributed by atoms with Gasteiger partial charge in [-0.3, -0.25) is 13.9 Å². The molecule has 7 nitrogen and oxygen atoms in total. The second-order valence-electron chi connectivity index (χ2n) is 10.5. The average molecular weight is 584 g/mol. The minimum Gasteiger partial charge on any atom is -0.354 e. The lowest BCUT2D eigenvalue weighted by molar-refractivity contribution is -0.140. The fraction of sp³-hybridized carbons (Fsp3) is 0.355. The molecule has 3 rings (SSSR count). The molecule has 0 aromatic heterocycles. The van der Waals surface area contributed by atoms with E-state index in [-0.39, 0.29) is 24.8 Å². The maximum atomic E-state index is 14.2. The first-order valence-electron chi connectivity index (χ1n) is 13.3. The topological polar surface area (TPSA) is 86.8 Å². The number of aryl methyl sites for hydroxylation is 2. The van der Waals surface area contributed by atoms with E-state index in [1.807, 2.05) is 76.2 Å². The molecule has 0 unspecified atom stereocenters. The minimum absolute atomic E-state index is 0.104. The summed E-state index contributed by atoms with van der Waals surface area (Å²) in [5, 5.41) is 3.53. The van der Waals surface area contributed by atoms with Gasteiger partial charge >= 0.3 is 0 Å². The van der Waals surface area contributed by atoms with E-state index in [0.717, 1.165) is 32.8 Å². The third kappa shape index (κ3) is 8.57. The van der Waals surface area contributed by atoms with Gasteiger partial charge < -0.3 is 10.2 Å². The molecule has 0 heterocycles. The molecule has 1 N–H and O–H groups in total.